The predicted molar refractivity (Wildman–Crippen MR) is 106 cm³/mol. The number of carbonyl (C=O) groups is 2. The predicted octanol–water partition coefficient (Wildman–Crippen LogP) is 3.58. The summed E-state index contributed by atoms with van der Waals surface area (Å²) in [6.45, 7) is 2.03. The smallest absolute Gasteiger partial charge is 0.253 e. The molecule has 27 heavy (non-hydrogen) atoms. The molecule has 1 aromatic carbocycles. The number of thiazole rings is 1. The van der Waals surface area contributed by atoms with E-state index < -0.39 is 0 Å². The molecule has 142 valence electrons. The minimum absolute atomic E-state index is 0.102. The van der Waals surface area contributed by atoms with Crippen LogP contribution in [0.4, 0.5) is 0 Å². The van der Waals surface area contributed by atoms with E-state index in [1.54, 1.807) is 11.3 Å². The van der Waals surface area contributed by atoms with Crippen LogP contribution in [0.1, 0.15) is 59.1 Å². The maximum absolute atomic E-state index is 12.7. The van der Waals surface area contributed by atoms with Crippen LogP contribution in [0.25, 0.3) is 0 Å². The number of likely N-dealkylation sites (tertiary alicyclic amines) is 1. The van der Waals surface area contributed by atoms with Gasteiger partial charge in [-0.05, 0) is 37.8 Å². The van der Waals surface area contributed by atoms with Crippen LogP contribution >= 0.6 is 11.3 Å². The summed E-state index contributed by atoms with van der Waals surface area (Å²) in [4.78, 5) is 31.4. The topological polar surface area (TPSA) is 62.3 Å². The summed E-state index contributed by atoms with van der Waals surface area (Å²) in [5.41, 5.74) is 1.67. The summed E-state index contributed by atoms with van der Waals surface area (Å²) in [7, 11) is 0. The van der Waals surface area contributed by atoms with Crippen molar-refractivity contribution >= 4 is 23.2 Å². The van der Waals surface area contributed by atoms with Gasteiger partial charge in [-0.15, -0.1) is 11.3 Å². The monoisotopic (exact) mass is 383 g/mol. The number of benzene rings is 1. The molecule has 2 heterocycles. The lowest BCUT2D eigenvalue weighted by Crippen LogP contribution is -2.39. The van der Waals surface area contributed by atoms with Gasteiger partial charge in [-0.1, -0.05) is 24.6 Å². The SMILES string of the molecule is O=C(NCc1csc([C@@H]2CCCN(C(=O)c3ccccc3)C2)n1)C1CCC1. The zero-order valence-corrected chi connectivity index (χ0v) is 16.2. The second-order valence-corrected chi connectivity index (χ2v) is 8.37. The highest BCUT2D eigenvalue weighted by Crippen LogP contribution is 2.30. The largest absolute Gasteiger partial charge is 0.350 e. The Bertz CT molecular complexity index is 801. The van der Waals surface area contributed by atoms with Gasteiger partial charge in [0.2, 0.25) is 5.91 Å². The molecule has 4 rings (SSSR count). The summed E-state index contributed by atoms with van der Waals surface area (Å²) < 4.78 is 0. The van der Waals surface area contributed by atoms with Crippen LogP contribution in [0.15, 0.2) is 35.7 Å². The van der Waals surface area contributed by atoms with Gasteiger partial charge < -0.3 is 10.2 Å². The highest BCUT2D eigenvalue weighted by molar-refractivity contribution is 7.09. The van der Waals surface area contributed by atoms with Gasteiger partial charge in [0.15, 0.2) is 0 Å². The van der Waals surface area contributed by atoms with E-state index in [-0.39, 0.29) is 23.7 Å². The Morgan fingerprint density at radius 3 is 2.70 bits per heavy atom. The molecule has 1 N–H and O–H groups in total. The number of hydrogen-bond donors (Lipinski definition) is 1. The average molecular weight is 384 g/mol. The number of rotatable bonds is 5. The van der Waals surface area contributed by atoms with Gasteiger partial charge in [0.05, 0.1) is 17.2 Å². The first kappa shape index (κ1) is 18.2. The van der Waals surface area contributed by atoms with Gasteiger partial charge in [-0.25, -0.2) is 4.98 Å². The van der Waals surface area contributed by atoms with Crippen LogP contribution in [0.3, 0.4) is 0 Å². The van der Waals surface area contributed by atoms with E-state index in [0.717, 1.165) is 55.0 Å². The first-order valence-corrected chi connectivity index (χ1v) is 10.6. The summed E-state index contributed by atoms with van der Waals surface area (Å²) >= 11 is 1.65. The van der Waals surface area contributed by atoms with Crippen molar-refractivity contribution in [3.8, 4) is 0 Å². The van der Waals surface area contributed by atoms with Crippen molar-refractivity contribution in [1.82, 2.24) is 15.2 Å². The van der Waals surface area contributed by atoms with Crippen molar-refractivity contribution in [2.45, 2.75) is 44.6 Å². The second kappa shape index (κ2) is 8.21. The summed E-state index contributed by atoms with van der Waals surface area (Å²) in [6.07, 6.45) is 5.25. The van der Waals surface area contributed by atoms with Crippen LogP contribution in [0.5, 0.6) is 0 Å². The lowest BCUT2D eigenvalue weighted by Gasteiger charge is -2.32. The first-order chi connectivity index (χ1) is 13.2. The van der Waals surface area contributed by atoms with Crippen LogP contribution in [-0.4, -0.2) is 34.8 Å². The Balaban J connectivity index is 1.35. The highest BCUT2D eigenvalue weighted by atomic mass is 32.1. The molecule has 1 aliphatic carbocycles. The fourth-order valence-corrected chi connectivity index (χ4v) is 4.66. The van der Waals surface area contributed by atoms with Crippen molar-refractivity contribution < 1.29 is 9.59 Å². The van der Waals surface area contributed by atoms with Gasteiger partial charge in [0.1, 0.15) is 0 Å². The number of nitrogens with zero attached hydrogens (tertiary/aromatic N) is 2. The van der Waals surface area contributed by atoms with Crippen LogP contribution in [0, 0.1) is 5.92 Å². The molecule has 0 spiro atoms. The zero-order chi connectivity index (χ0) is 18.6. The molecule has 0 unspecified atom stereocenters. The third-order valence-electron chi connectivity index (χ3n) is 5.57. The van der Waals surface area contributed by atoms with E-state index in [9.17, 15) is 9.59 Å². The van der Waals surface area contributed by atoms with E-state index in [4.69, 9.17) is 4.98 Å². The number of piperidine rings is 1. The maximum Gasteiger partial charge on any atom is 0.253 e. The lowest BCUT2D eigenvalue weighted by molar-refractivity contribution is -0.127. The molecular weight excluding hydrogens is 358 g/mol. The van der Waals surface area contributed by atoms with Crippen LogP contribution in [0.2, 0.25) is 0 Å². The maximum atomic E-state index is 12.7. The summed E-state index contributed by atoms with van der Waals surface area (Å²) in [5, 5.41) is 6.12. The molecule has 0 bridgehead atoms. The molecule has 1 aliphatic heterocycles. The zero-order valence-electron chi connectivity index (χ0n) is 15.4. The molecule has 6 heteroatoms. The third kappa shape index (κ3) is 4.21. The molecule has 2 aromatic rings. The molecule has 2 aliphatic rings. The fraction of sp³-hybridized carbons (Fsp3) is 0.476. The van der Waals surface area contributed by atoms with Crippen LogP contribution in [-0.2, 0) is 11.3 Å². The van der Waals surface area contributed by atoms with Gasteiger partial charge in [-0.2, -0.15) is 0 Å². The number of hydrogen-bond acceptors (Lipinski definition) is 4. The fourth-order valence-electron chi connectivity index (χ4n) is 3.71. The van der Waals surface area contributed by atoms with Crippen molar-refractivity contribution in [2.24, 2.45) is 5.92 Å². The standard InChI is InChI=1S/C21H25N3O2S/c25-19(15-8-4-9-15)22-12-18-14-27-20(23-18)17-10-5-11-24(13-17)21(26)16-6-2-1-3-7-16/h1-3,6-7,14-15,17H,4-5,8-13H2,(H,22,25)/t17-/m1/s1. The Morgan fingerprint density at radius 2 is 1.96 bits per heavy atom. The van der Waals surface area contributed by atoms with Gasteiger partial charge in [0, 0.05) is 35.9 Å². The number of carbonyl (C=O) groups excluding carboxylic acids is 2. The number of nitrogens with one attached hydrogen (secondary N) is 1. The molecule has 5 nitrogen and oxygen atoms in total. The Kier molecular flexibility index (Phi) is 5.53. The normalized spacial score (nSPS) is 20.1. The Morgan fingerprint density at radius 1 is 1.15 bits per heavy atom. The van der Waals surface area contributed by atoms with Crippen molar-refractivity contribution in [1.29, 1.82) is 0 Å². The van der Waals surface area contributed by atoms with Crippen molar-refractivity contribution in [3.63, 3.8) is 0 Å². The molecule has 1 saturated heterocycles. The minimum atomic E-state index is 0.102. The number of aromatic nitrogens is 1. The molecular formula is C21H25N3O2S. The Hall–Kier alpha value is -2.21. The average Bonchev–Trinajstić information content (AvgIpc) is 3.14. The van der Waals surface area contributed by atoms with E-state index in [0.29, 0.717) is 6.54 Å². The highest BCUT2D eigenvalue weighted by Gasteiger charge is 2.28. The Labute approximate surface area is 163 Å². The van der Waals surface area contributed by atoms with E-state index in [1.807, 2.05) is 40.6 Å². The quantitative estimate of drug-likeness (QED) is 0.858. The van der Waals surface area contributed by atoms with Gasteiger partial charge in [-0.3, -0.25) is 9.59 Å². The van der Waals surface area contributed by atoms with Crippen molar-refractivity contribution in [3.05, 3.63) is 52.0 Å². The number of amides is 2. The third-order valence-corrected chi connectivity index (χ3v) is 6.62. The molecule has 2 fully saturated rings. The van der Waals surface area contributed by atoms with Gasteiger partial charge in [0.25, 0.3) is 5.91 Å². The summed E-state index contributed by atoms with van der Waals surface area (Å²) in [6, 6.07) is 9.48. The summed E-state index contributed by atoms with van der Waals surface area (Å²) in [5.74, 6) is 0.754. The molecule has 2 amide bonds. The molecule has 1 saturated carbocycles. The minimum Gasteiger partial charge on any atom is -0.350 e. The van der Waals surface area contributed by atoms with Crippen LogP contribution < -0.4 is 5.32 Å². The molecule has 0 radical (unpaired) electrons. The molecule has 1 atom stereocenters. The lowest BCUT2D eigenvalue weighted by atomic mass is 9.85. The van der Waals surface area contributed by atoms with Crippen molar-refractivity contribution in [2.75, 3.05) is 13.1 Å². The van der Waals surface area contributed by atoms with Gasteiger partial charge >= 0.3 is 0 Å². The second-order valence-electron chi connectivity index (χ2n) is 7.48. The van der Waals surface area contributed by atoms with E-state index in [2.05, 4.69) is 5.32 Å². The molecule has 1 aromatic heterocycles. The van der Waals surface area contributed by atoms with E-state index >= 15 is 0 Å². The first-order valence-electron chi connectivity index (χ1n) is 9.77. The van der Waals surface area contributed by atoms with E-state index in [1.165, 1.54) is 6.42 Å².